The first-order valence-electron chi connectivity index (χ1n) is 5.81. The molecule has 3 atom stereocenters. The van der Waals surface area contributed by atoms with Crippen LogP contribution in [-0.2, 0) is 14.8 Å². The van der Waals surface area contributed by atoms with Crippen molar-refractivity contribution in [3.05, 3.63) is 0 Å². The van der Waals surface area contributed by atoms with Crippen LogP contribution in [-0.4, -0.2) is 39.2 Å². The maximum atomic E-state index is 11.8. The van der Waals surface area contributed by atoms with E-state index in [2.05, 4.69) is 10.0 Å². The van der Waals surface area contributed by atoms with Crippen LogP contribution in [0.5, 0.6) is 0 Å². The van der Waals surface area contributed by atoms with Gasteiger partial charge in [0, 0.05) is 6.04 Å². The van der Waals surface area contributed by atoms with Crippen molar-refractivity contribution in [1.82, 2.24) is 10.0 Å². The smallest absolute Gasteiger partial charge is 0.238 e. The minimum Gasteiger partial charge on any atom is -0.352 e. The number of hydrogen-bond acceptors (Lipinski definition) is 4. The molecule has 0 spiro atoms. The molecule has 0 aromatic heterocycles. The highest BCUT2D eigenvalue weighted by Crippen LogP contribution is 2.24. The molecular weight excluding hydrogens is 278 g/mol. The van der Waals surface area contributed by atoms with Crippen LogP contribution in [0.3, 0.4) is 0 Å². The van der Waals surface area contributed by atoms with Crippen molar-refractivity contribution >= 4 is 28.3 Å². The van der Waals surface area contributed by atoms with Crippen molar-refractivity contribution in [1.29, 1.82) is 0 Å². The minimum absolute atomic E-state index is 0. The molecule has 4 N–H and O–H groups in total. The number of rotatable bonds is 5. The predicted octanol–water partition coefficient (Wildman–Crippen LogP) is -0.410. The van der Waals surface area contributed by atoms with Crippen molar-refractivity contribution in [3.8, 4) is 0 Å². The maximum absolute atomic E-state index is 11.8. The average molecular weight is 300 g/mol. The van der Waals surface area contributed by atoms with Crippen LogP contribution in [0, 0.1) is 5.92 Å². The van der Waals surface area contributed by atoms with Crippen LogP contribution in [0.25, 0.3) is 0 Å². The third-order valence-corrected chi connectivity index (χ3v) is 3.86. The van der Waals surface area contributed by atoms with Crippen molar-refractivity contribution < 1.29 is 13.2 Å². The van der Waals surface area contributed by atoms with Gasteiger partial charge in [-0.3, -0.25) is 4.79 Å². The normalized spacial score (nSPS) is 25.3. The summed E-state index contributed by atoms with van der Waals surface area (Å²) < 4.78 is 24.2. The molecule has 0 aliphatic heterocycles. The molecule has 0 aromatic carbocycles. The molecule has 1 aliphatic carbocycles. The van der Waals surface area contributed by atoms with E-state index in [4.69, 9.17) is 5.73 Å². The molecule has 6 nitrogen and oxygen atoms in total. The van der Waals surface area contributed by atoms with E-state index in [0.29, 0.717) is 12.5 Å². The number of carbonyl (C=O) groups excluding carboxylic acids is 1. The van der Waals surface area contributed by atoms with Gasteiger partial charge >= 0.3 is 0 Å². The Kier molecular flexibility index (Phi) is 7.13. The maximum Gasteiger partial charge on any atom is 0.238 e. The first-order valence-corrected chi connectivity index (χ1v) is 7.70. The molecule has 0 radical (unpaired) electrons. The standard InChI is InChI=1S/C10H21N3O3S.ClH/c1-7(13-17(2,15)16)10(14)12-9-5-3-4-8(9)6-11;/h7-9,13H,3-6,11H2,1-2H3,(H,12,14);1H. The monoisotopic (exact) mass is 299 g/mol. The van der Waals surface area contributed by atoms with Gasteiger partial charge in [0.1, 0.15) is 0 Å². The predicted molar refractivity (Wildman–Crippen MR) is 73.0 cm³/mol. The second-order valence-electron chi connectivity index (χ2n) is 4.65. The van der Waals surface area contributed by atoms with Gasteiger partial charge in [-0.1, -0.05) is 6.42 Å². The number of amides is 1. The Balaban J connectivity index is 0.00000289. The molecular formula is C10H22ClN3O3S. The molecule has 1 saturated carbocycles. The zero-order valence-corrected chi connectivity index (χ0v) is 12.3. The molecule has 1 amide bonds. The van der Waals surface area contributed by atoms with Crippen LogP contribution < -0.4 is 15.8 Å². The summed E-state index contributed by atoms with van der Waals surface area (Å²) in [7, 11) is -3.36. The van der Waals surface area contributed by atoms with Gasteiger partial charge in [0.25, 0.3) is 0 Å². The number of nitrogens with two attached hydrogens (primary N) is 1. The van der Waals surface area contributed by atoms with E-state index in [9.17, 15) is 13.2 Å². The van der Waals surface area contributed by atoms with Gasteiger partial charge in [-0.2, -0.15) is 0 Å². The molecule has 3 unspecified atom stereocenters. The highest BCUT2D eigenvalue weighted by molar-refractivity contribution is 7.88. The number of carbonyl (C=O) groups is 1. The minimum atomic E-state index is -3.36. The molecule has 1 rings (SSSR count). The third-order valence-electron chi connectivity index (χ3n) is 3.07. The Hall–Kier alpha value is -0.370. The summed E-state index contributed by atoms with van der Waals surface area (Å²) in [6.45, 7) is 2.08. The summed E-state index contributed by atoms with van der Waals surface area (Å²) in [6, 6.07) is -0.666. The topological polar surface area (TPSA) is 101 Å². The van der Waals surface area contributed by atoms with Crippen molar-refractivity contribution in [2.75, 3.05) is 12.8 Å². The lowest BCUT2D eigenvalue weighted by atomic mass is 10.0. The van der Waals surface area contributed by atoms with Gasteiger partial charge in [-0.15, -0.1) is 12.4 Å². The summed E-state index contributed by atoms with van der Waals surface area (Å²) >= 11 is 0. The highest BCUT2D eigenvalue weighted by Gasteiger charge is 2.29. The summed E-state index contributed by atoms with van der Waals surface area (Å²) in [5.74, 6) is 0.0187. The summed E-state index contributed by atoms with van der Waals surface area (Å²) in [5.41, 5.74) is 5.61. The molecule has 18 heavy (non-hydrogen) atoms. The van der Waals surface area contributed by atoms with E-state index in [-0.39, 0.29) is 24.4 Å². The van der Waals surface area contributed by atoms with Crippen molar-refractivity contribution in [2.24, 2.45) is 11.7 Å². The molecule has 1 aliphatic rings. The van der Waals surface area contributed by atoms with E-state index < -0.39 is 16.1 Å². The quantitative estimate of drug-likeness (QED) is 0.642. The summed E-state index contributed by atoms with van der Waals surface area (Å²) in [6.07, 6.45) is 4.03. The molecule has 0 aromatic rings. The summed E-state index contributed by atoms with van der Waals surface area (Å²) in [4.78, 5) is 11.8. The van der Waals surface area contributed by atoms with Crippen molar-refractivity contribution in [2.45, 2.75) is 38.3 Å². The number of halogens is 1. The van der Waals surface area contributed by atoms with Crippen LogP contribution in [0.15, 0.2) is 0 Å². The van der Waals surface area contributed by atoms with E-state index in [1.54, 1.807) is 0 Å². The number of sulfonamides is 1. The van der Waals surface area contributed by atoms with E-state index in [0.717, 1.165) is 25.5 Å². The average Bonchev–Trinajstić information content (AvgIpc) is 2.62. The fraction of sp³-hybridized carbons (Fsp3) is 0.900. The second kappa shape index (κ2) is 7.28. The van der Waals surface area contributed by atoms with Crippen LogP contribution in [0.1, 0.15) is 26.2 Å². The third kappa shape index (κ3) is 5.51. The molecule has 0 saturated heterocycles. The van der Waals surface area contributed by atoms with Crippen LogP contribution in [0.2, 0.25) is 0 Å². The van der Waals surface area contributed by atoms with Gasteiger partial charge in [0.05, 0.1) is 12.3 Å². The number of hydrogen-bond donors (Lipinski definition) is 3. The van der Waals surface area contributed by atoms with Gasteiger partial charge in [-0.25, -0.2) is 13.1 Å². The Morgan fingerprint density at radius 1 is 1.44 bits per heavy atom. The molecule has 1 fully saturated rings. The molecule has 0 bridgehead atoms. The fourth-order valence-electron chi connectivity index (χ4n) is 2.19. The van der Waals surface area contributed by atoms with E-state index in [1.165, 1.54) is 6.92 Å². The lowest BCUT2D eigenvalue weighted by molar-refractivity contribution is -0.123. The second-order valence-corrected chi connectivity index (χ2v) is 6.43. The SMILES string of the molecule is CC(NS(C)(=O)=O)C(=O)NC1CCCC1CN.Cl. The van der Waals surface area contributed by atoms with Gasteiger partial charge in [0.15, 0.2) is 0 Å². The van der Waals surface area contributed by atoms with Crippen LogP contribution in [0.4, 0.5) is 0 Å². The largest absolute Gasteiger partial charge is 0.352 e. The Morgan fingerprint density at radius 2 is 2.06 bits per heavy atom. The van der Waals surface area contributed by atoms with Gasteiger partial charge in [-0.05, 0) is 32.2 Å². The molecule has 108 valence electrons. The fourth-order valence-corrected chi connectivity index (χ4v) is 2.94. The van der Waals surface area contributed by atoms with E-state index in [1.807, 2.05) is 0 Å². The van der Waals surface area contributed by atoms with E-state index >= 15 is 0 Å². The Morgan fingerprint density at radius 3 is 2.56 bits per heavy atom. The Bertz CT molecular complexity index is 375. The highest BCUT2D eigenvalue weighted by atomic mass is 35.5. The lowest BCUT2D eigenvalue weighted by Crippen LogP contribution is -2.49. The molecule has 8 heteroatoms. The summed E-state index contributed by atoms with van der Waals surface area (Å²) in [5, 5.41) is 2.86. The number of nitrogens with one attached hydrogen (secondary N) is 2. The first kappa shape index (κ1) is 17.6. The molecule has 0 heterocycles. The zero-order chi connectivity index (χ0) is 13.1. The van der Waals surface area contributed by atoms with Gasteiger partial charge in [0.2, 0.25) is 15.9 Å². The van der Waals surface area contributed by atoms with Crippen LogP contribution >= 0.6 is 12.4 Å². The van der Waals surface area contributed by atoms with Gasteiger partial charge < -0.3 is 11.1 Å². The van der Waals surface area contributed by atoms with Crippen molar-refractivity contribution in [3.63, 3.8) is 0 Å². The lowest BCUT2D eigenvalue weighted by Gasteiger charge is -2.21. The first-order chi connectivity index (χ1) is 7.83. The zero-order valence-electron chi connectivity index (χ0n) is 10.7. The Labute approximate surface area is 115 Å².